The van der Waals surface area contributed by atoms with Crippen molar-refractivity contribution in [2.45, 2.75) is 20.3 Å². The Hall–Kier alpha value is -1.85. The van der Waals surface area contributed by atoms with E-state index in [1.807, 2.05) is 0 Å². The first kappa shape index (κ1) is 10.2. The van der Waals surface area contributed by atoms with Crippen LogP contribution in [0.4, 0.5) is 5.82 Å². The zero-order valence-electron chi connectivity index (χ0n) is 7.92. The van der Waals surface area contributed by atoms with Crippen molar-refractivity contribution < 1.29 is 14.7 Å². The summed E-state index contributed by atoms with van der Waals surface area (Å²) >= 11 is 0. The zero-order chi connectivity index (χ0) is 10.7. The van der Waals surface area contributed by atoms with Gasteiger partial charge in [-0.1, -0.05) is 6.92 Å². The maximum Gasteiger partial charge on any atom is 0.341 e. The van der Waals surface area contributed by atoms with Gasteiger partial charge in [0.2, 0.25) is 5.91 Å². The number of nitrogens with zero attached hydrogens (tertiary/aromatic N) is 1. The number of amides is 1. The van der Waals surface area contributed by atoms with Gasteiger partial charge < -0.3 is 10.4 Å². The molecule has 0 aliphatic carbocycles. The Morgan fingerprint density at radius 3 is 2.64 bits per heavy atom. The van der Waals surface area contributed by atoms with Gasteiger partial charge in [-0.3, -0.25) is 9.89 Å². The lowest BCUT2D eigenvalue weighted by atomic mass is 10.2. The molecule has 1 amide bonds. The topological polar surface area (TPSA) is 95.1 Å². The summed E-state index contributed by atoms with van der Waals surface area (Å²) in [5.41, 5.74) is 0.531. The molecule has 14 heavy (non-hydrogen) atoms. The van der Waals surface area contributed by atoms with Crippen LogP contribution in [0.15, 0.2) is 0 Å². The molecule has 1 aromatic rings. The third-order valence-corrected chi connectivity index (χ3v) is 1.70. The van der Waals surface area contributed by atoms with Crippen LogP contribution >= 0.6 is 0 Å². The first-order chi connectivity index (χ1) is 6.56. The molecule has 0 radical (unpaired) electrons. The van der Waals surface area contributed by atoms with Gasteiger partial charge in [-0.05, 0) is 6.42 Å². The second kappa shape index (κ2) is 3.91. The van der Waals surface area contributed by atoms with E-state index in [4.69, 9.17) is 5.11 Å². The van der Waals surface area contributed by atoms with E-state index >= 15 is 0 Å². The molecule has 0 aliphatic rings. The van der Waals surface area contributed by atoms with E-state index in [0.29, 0.717) is 12.1 Å². The summed E-state index contributed by atoms with van der Waals surface area (Å²) in [7, 11) is 0. The third kappa shape index (κ3) is 1.90. The second-order valence-corrected chi connectivity index (χ2v) is 2.77. The fraction of sp³-hybridized carbons (Fsp3) is 0.375. The first-order valence-electron chi connectivity index (χ1n) is 4.14. The molecule has 6 nitrogen and oxygen atoms in total. The molecule has 1 rings (SSSR count). The van der Waals surface area contributed by atoms with E-state index < -0.39 is 5.97 Å². The molecule has 0 bridgehead atoms. The lowest BCUT2D eigenvalue weighted by Crippen LogP contribution is -2.10. The highest BCUT2D eigenvalue weighted by Gasteiger charge is 2.18. The van der Waals surface area contributed by atoms with Crippen LogP contribution in [0.5, 0.6) is 0 Å². The number of rotatable bonds is 3. The van der Waals surface area contributed by atoms with Crippen molar-refractivity contribution in [3.63, 3.8) is 0 Å². The maximum atomic E-state index is 10.8. The molecule has 0 aromatic carbocycles. The molecular weight excluding hydrogens is 186 g/mol. The van der Waals surface area contributed by atoms with Gasteiger partial charge in [-0.25, -0.2) is 4.79 Å². The van der Waals surface area contributed by atoms with Gasteiger partial charge in [-0.2, -0.15) is 5.10 Å². The van der Waals surface area contributed by atoms with Gasteiger partial charge in [0, 0.05) is 6.92 Å². The van der Waals surface area contributed by atoms with Gasteiger partial charge in [0.1, 0.15) is 5.56 Å². The fourth-order valence-corrected chi connectivity index (χ4v) is 1.12. The fourth-order valence-electron chi connectivity index (χ4n) is 1.12. The molecule has 3 N–H and O–H groups in total. The summed E-state index contributed by atoms with van der Waals surface area (Å²) in [6.07, 6.45) is 0.522. The molecule has 0 saturated carbocycles. The van der Waals surface area contributed by atoms with Crippen molar-refractivity contribution in [1.29, 1.82) is 0 Å². The van der Waals surface area contributed by atoms with E-state index in [2.05, 4.69) is 15.5 Å². The largest absolute Gasteiger partial charge is 0.477 e. The lowest BCUT2D eigenvalue weighted by Gasteiger charge is -1.98. The second-order valence-electron chi connectivity index (χ2n) is 2.77. The van der Waals surface area contributed by atoms with Crippen LogP contribution in [-0.2, 0) is 11.2 Å². The molecule has 0 fully saturated rings. The zero-order valence-corrected chi connectivity index (χ0v) is 7.92. The van der Waals surface area contributed by atoms with Gasteiger partial charge in [0.15, 0.2) is 5.82 Å². The first-order valence-corrected chi connectivity index (χ1v) is 4.14. The number of H-pyrrole nitrogens is 1. The monoisotopic (exact) mass is 197 g/mol. The number of carboxylic acid groups (broad SMARTS) is 1. The number of aromatic carboxylic acids is 1. The van der Waals surface area contributed by atoms with Crippen molar-refractivity contribution in [2.24, 2.45) is 0 Å². The van der Waals surface area contributed by atoms with Crippen molar-refractivity contribution in [1.82, 2.24) is 10.2 Å². The Balaban J connectivity index is 3.10. The number of hydrogen-bond donors (Lipinski definition) is 3. The van der Waals surface area contributed by atoms with Crippen LogP contribution in [0.25, 0.3) is 0 Å². The molecule has 0 unspecified atom stereocenters. The summed E-state index contributed by atoms with van der Waals surface area (Å²) in [6.45, 7) is 3.10. The minimum Gasteiger partial charge on any atom is -0.477 e. The maximum absolute atomic E-state index is 10.8. The number of carbonyl (C=O) groups excluding carboxylic acids is 1. The van der Waals surface area contributed by atoms with E-state index in [1.54, 1.807) is 6.92 Å². The Labute approximate surface area is 80.3 Å². The predicted octanol–water partition coefficient (Wildman–Crippen LogP) is 0.629. The number of hydrogen-bond acceptors (Lipinski definition) is 3. The number of carbonyl (C=O) groups is 2. The summed E-state index contributed by atoms with van der Waals surface area (Å²) < 4.78 is 0. The molecule has 0 saturated heterocycles. The molecule has 6 heteroatoms. The third-order valence-electron chi connectivity index (χ3n) is 1.70. The summed E-state index contributed by atoms with van der Waals surface area (Å²) in [5, 5.41) is 17.5. The Bertz CT molecular complexity index is 370. The van der Waals surface area contributed by atoms with Crippen molar-refractivity contribution in [3.05, 3.63) is 11.3 Å². The number of carboxylic acids is 1. The molecule has 1 aromatic heterocycles. The van der Waals surface area contributed by atoms with Gasteiger partial charge >= 0.3 is 5.97 Å². The average molecular weight is 197 g/mol. The minimum absolute atomic E-state index is 0.0303. The molecule has 0 atom stereocenters. The van der Waals surface area contributed by atoms with Crippen LogP contribution in [-0.4, -0.2) is 27.2 Å². The minimum atomic E-state index is -1.10. The highest BCUT2D eigenvalue weighted by molar-refractivity contribution is 5.99. The summed E-state index contributed by atoms with van der Waals surface area (Å²) in [6, 6.07) is 0. The number of aromatic nitrogens is 2. The van der Waals surface area contributed by atoms with Crippen LogP contribution in [0.1, 0.15) is 29.9 Å². The molecular formula is C8H11N3O3. The van der Waals surface area contributed by atoms with Crippen LogP contribution in [0.3, 0.4) is 0 Å². The quantitative estimate of drug-likeness (QED) is 0.662. The normalized spacial score (nSPS) is 9.86. The summed E-state index contributed by atoms with van der Waals surface area (Å²) in [4.78, 5) is 21.6. The number of nitrogens with one attached hydrogen (secondary N) is 2. The van der Waals surface area contributed by atoms with Gasteiger partial charge in [0.25, 0.3) is 0 Å². The Kier molecular flexibility index (Phi) is 2.85. The molecule has 1 heterocycles. The van der Waals surface area contributed by atoms with Crippen LogP contribution in [0, 0.1) is 0 Å². The Morgan fingerprint density at radius 1 is 1.57 bits per heavy atom. The highest BCUT2D eigenvalue weighted by atomic mass is 16.4. The number of anilines is 1. The smallest absolute Gasteiger partial charge is 0.341 e. The highest BCUT2D eigenvalue weighted by Crippen LogP contribution is 2.16. The van der Waals surface area contributed by atoms with Crippen LogP contribution in [0.2, 0.25) is 0 Å². The summed E-state index contributed by atoms with van der Waals surface area (Å²) in [5.74, 6) is -1.37. The van der Waals surface area contributed by atoms with Crippen molar-refractivity contribution in [3.8, 4) is 0 Å². The van der Waals surface area contributed by atoms with E-state index in [-0.39, 0.29) is 17.3 Å². The standard InChI is InChI=1S/C8H11N3O3/c1-3-5-6(8(13)14)7(11-10-5)9-4(2)12/h3H2,1-2H3,(H,13,14)(H2,9,10,11,12). The van der Waals surface area contributed by atoms with Gasteiger partial charge in [-0.15, -0.1) is 0 Å². The predicted molar refractivity (Wildman–Crippen MR) is 49.2 cm³/mol. The lowest BCUT2D eigenvalue weighted by molar-refractivity contribution is -0.114. The van der Waals surface area contributed by atoms with Crippen molar-refractivity contribution >= 4 is 17.7 Å². The SMILES string of the molecule is CCc1[nH]nc(NC(C)=O)c1C(=O)O. The van der Waals surface area contributed by atoms with Gasteiger partial charge in [0.05, 0.1) is 5.69 Å². The number of aromatic amines is 1. The van der Waals surface area contributed by atoms with Crippen LogP contribution < -0.4 is 5.32 Å². The molecule has 0 spiro atoms. The van der Waals surface area contributed by atoms with E-state index in [9.17, 15) is 9.59 Å². The molecule has 76 valence electrons. The van der Waals surface area contributed by atoms with E-state index in [0.717, 1.165) is 0 Å². The Morgan fingerprint density at radius 2 is 2.21 bits per heavy atom. The number of aryl methyl sites for hydroxylation is 1. The molecule has 0 aliphatic heterocycles. The average Bonchev–Trinajstić information content (AvgIpc) is 2.46. The van der Waals surface area contributed by atoms with Crippen molar-refractivity contribution in [2.75, 3.05) is 5.32 Å². The van der Waals surface area contributed by atoms with E-state index in [1.165, 1.54) is 6.92 Å².